The molecule has 0 spiro atoms. The highest BCUT2D eigenvalue weighted by atomic mass is 32.1. The Balaban J connectivity index is 1.40. The van der Waals surface area contributed by atoms with E-state index in [1.165, 1.54) is 22.3 Å². The Morgan fingerprint density at radius 1 is 1.22 bits per heavy atom. The molecule has 0 radical (unpaired) electrons. The quantitative estimate of drug-likeness (QED) is 0.488. The molecule has 8 heteroatoms. The van der Waals surface area contributed by atoms with Crippen molar-refractivity contribution >= 4 is 21.6 Å². The zero-order valence-electron chi connectivity index (χ0n) is 18.9. The molecule has 3 unspecified atom stereocenters. The largest absolute Gasteiger partial charge is 0.309 e. The number of hydrogen-bond acceptors (Lipinski definition) is 6. The number of thiophene rings is 1. The maximum absolute atomic E-state index is 13.0. The molecular formula is C24H28N6OS. The van der Waals surface area contributed by atoms with Crippen LogP contribution in [0.15, 0.2) is 41.7 Å². The van der Waals surface area contributed by atoms with Crippen molar-refractivity contribution in [3.63, 3.8) is 0 Å². The van der Waals surface area contributed by atoms with E-state index >= 15 is 0 Å². The lowest BCUT2D eigenvalue weighted by Crippen LogP contribution is -2.28. The molecule has 3 heterocycles. The first-order valence-corrected chi connectivity index (χ1v) is 12.0. The molecule has 5 rings (SSSR count). The van der Waals surface area contributed by atoms with Crippen LogP contribution < -0.4 is 5.56 Å². The molecule has 32 heavy (non-hydrogen) atoms. The van der Waals surface area contributed by atoms with Gasteiger partial charge in [-0.2, -0.15) is 5.10 Å². The summed E-state index contributed by atoms with van der Waals surface area (Å²) in [6.45, 7) is 6.55. The Hall–Kier alpha value is -2.84. The van der Waals surface area contributed by atoms with E-state index in [-0.39, 0.29) is 17.6 Å². The molecule has 3 aromatic heterocycles. The third kappa shape index (κ3) is 3.67. The molecule has 7 nitrogen and oxygen atoms in total. The summed E-state index contributed by atoms with van der Waals surface area (Å²) in [7, 11) is 2.08. The minimum Gasteiger partial charge on any atom is -0.309 e. The predicted molar refractivity (Wildman–Crippen MR) is 127 cm³/mol. The van der Waals surface area contributed by atoms with Gasteiger partial charge in [0, 0.05) is 10.9 Å². The number of rotatable bonds is 5. The van der Waals surface area contributed by atoms with Crippen LogP contribution in [0.25, 0.3) is 15.9 Å². The minimum atomic E-state index is -0.0323. The summed E-state index contributed by atoms with van der Waals surface area (Å²) >= 11 is 1.70. The first-order chi connectivity index (χ1) is 15.4. The molecule has 166 valence electrons. The van der Waals surface area contributed by atoms with Crippen LogP contribution in [0.5, 0.6) is 0 Å². The SMILES string of the molecule is CC1CCc2c(sc3nc(C(C)N(C)C(C)c4ccc(-n5cncn5)cc4)[nH]c(=O)c23)C1. The molecule has 0 saturated heterocycles. The number of hydrogen-bond donors (Lipinski definition) is 1. The second-order valence-corrected chi connectivity index (χ2v) is 10.0. The lowest BCUT2D eigenvalue weighted by atomic mass is 9.89. The summed E-state index contributed by atoms with van der Waals surface area (Å²) in [5.41, 5.74) is 3.39. The molecule has 1 aliphatic carbocycles. The van der Waals surface area contributed by atoms with E-state index in [2.05, 4.69) is 59.9 Å². The summed E-state index contributed by atoms with van der Waals surface area (Å²) < 4.78 is 1.74. The average Bonchev–Trinajstić information content (AvgIpc) is 3.45. The predicted octanol–water partition coefficient (Wildman–Crippen LogP) is 4.44. The van der Waals surface area contributed by atoms with Crippen molar-refractivity contribution in [1.29, 1.82) is 0 Å². The molecule has 0 amide bonds. The van der Waals surface area contributed by atoms with Gasteiger partial charge < -0.3 is 4.98 Å². The van der Waals surface area contributed by atoms with Gasteiger partial charge in [0.2, 0.25) is 0 Å². The number of benzene rings is 1. The lowest BCUT2D eigenvalue weighted by Gasteiger charge is -2.30. The van der Waals surface area contributed by atoms with Crippen LogP contribution in [-0.2, 0) is 12.8 Å². The van der Waals surface area contributed by atoms with Gasteiger partial charge in [0.05, 0.1) is 17.1 Å². The first kappa shape index (κ1) is 21.0. The topological polar surface area (TPSA) is 79.7 Å². The molecule has 1 aliphatic rings. The van der Waals surface area contributed by atoms with Crippen LogP contribution in [0.1, 0.15) is 61.1 Å². The molecule has 1 aromatic carbocycles. The van der Waals surface area contributed by atoms with E-state index in [9.17, 15) is 4.79 Å². The summed E-state index contributed by atoms with van der Waals surface area (Å²) in [5, 5.41) is 4.99. The molecule has 0 saturated carbocycles. The van der Waals surface area contributed by atoms with Gasteiger partial charge in [-0.15, -0.1) is 11.3 Å². The van der Waals surface area contributed by atoms with Crippen molar-refractivity contribution < 1.29 is 0 Å². The average molecular weight is 449 g/mol. The van der Waals surface area contributed by atoms with E-state index < -0.39 is 0 Å². The fourth-order valence-corrected chi connectivity index (χ4v) is 5.96. The second kappa shape index (κ2) is 8.26. The van der Waals surface area contributed by atoms with E-state index in [0.29, 0.717) is 5.92 Å². The minimum absolute atomic E-state index is 0.00198. The van der Waals surface area contributed by atoms with Gasteiger partial charge in [0.15, 0.2) is 0 Å². The van der Waals surface area contributed by atoms with Crippen molar-refractivity contribution in [2.75, 3.05) is 7.05 Å². The summed E-state index contributed by atoms with van der Waals surface area (Å²) in [6.07, 6.45) is 6.40. The summed E-state index contributed by atoms with van der Waals surface area (Å²) in [6, 6.07) is 8.42. The van der Waals surface area contributed by atoms with E-state index in [1.807, 2.05) is 12.1 Å². The van der Waals surface area contributed by atoms with Crippen molar-refractivity contribution in [3.05, 3.63) is 69.1 Å². The fourth-order valence-electron chi connectivity index (χ4n) is 4.57. The molecular weight excluding hydrogens is 420 g/mol. The number of fused-ring (bicyclic) bond motifs is 3. The molecule has 4 aromatic rings. The monoisotopic (exact) mass is 448 g/mol. The Labute approximate surface area is 191 Å². The number of H-pyrrole nitrogens is 1. The fraction of sp³-hybridized carbons (Fsp3) is 0.417. The van der Waals surface area contributed by atoms with Crippen LogP contribution in [0, 0.1) is 5.92 Å². The van der Waals surface area contributed by atoms with Gasteiger partial charge in [0.25, 0.3) is 5.56 Å². The number of nitrogens with zero attached hydrogens (tertiary/aromatic N) is 5. The van der Waals surface area contributed by atoms with Crippen LogP contribution in [0.2, 0.25) is 0 Å². The molecule has 3 atom stereocenters. The lowest BCUT2D eigenvalue weighted by molar-refractivity contribution is 0.192. The Bertz CT molecular complexity index is 1290. The highest BCUT2D eigenvalue weighted by Crippen LogP contribution is 2.36. The number of aryl methyl sites for hydroxylation is 1. The third-order valence-corrected chi connectivity index (χ3v) is 8.01. The summed E-state index contributed by atoms with van der Waals surface area (Å²) in [4.78, 5) is 29.5. The normalized spacial score (nSPS) is 18.1. The van der Waals surface area contributed by atoms with Gasteiger partial charge in [0.1, 0.15) is 23.3 Å². The van der Waals surface area contributed by atoms with Crippen molar-refractivity contribution in [3.8, 4) is 5.69 Å². The van der Waals surface area contributed by atoms with Crippen molar-refractivity contribution in [2.45, 2.75) is 52.1 Å². The molecule has 0 aliphatic heterocycles. The maximum atomic E-state index is 13.0. The Morgan fingerprint density at radius 3 is 2.72 bits per heavy atom. The van der Waals surface area contributed by atoms with E-state index in [4.69, 9.17) is 4.98 Å². The maximum Gasteiger partial charge on any atom is 0.259 e. The molecule has 0 fully saturated rings. The second-order valence-electron chi connectivity index (χ2n) is 8.93. The van der Waals surface area contributed by atoms with Crippen molar-refractivity contribution in [2.24, 2.45) is 5.92 Å². The zero-order chi connectivity index (χ0) is 22.4. The number of aromatic nitrogens is 5. The van der Waals surface area contributed by atoms with Crippen LogP contribution in [-0.4, -0.2) is 36.7 Å². The van der Waals surface area contributed by atoms with Crippen molar-refractivity contribution in [1.82, 2.24) is 29.6 Å². The molecule has 0 bridgehead atoms. The van der Waals surface area contributed by atoms with Crippen LogP contribution in [0.4, 0.5) is 0 Å². The Kier molecular flexibility index (Phi) is 5.43. The highest BCUT2D eigenvalue weighted by molar-refractivity contribution is 7.18. The Morgan fingerprint density at radius 2 is 2.00 bits per heavy atom. The van der Waals surface area contributed by atoms with Crippen LogP contribution >= 0.6 is 11.3 Å². The van der Waals surface area contributed by atoms with E-state index in [1.54, 1.807) is 22.3 Å². The van der Waals surface area contributed by atoms with Crippen LogP contribution in [0.3, 0.4) is 0 Å². The van der Waals surface area contributed by atoms with Gasteiger partial charge in [-0.05, 0) is 69.3 Å². The van der Waals surface area contributed by atoms with Gasteiger partial charge >= 0.3 is 0 Å². The smallest absolute Gasteiger partial charge is 0.259 e. The van der Waals surface area contributed by atoms with Gasteiger partial charge in [-0.1, -0.05) is 19.1 Å². The summed E-state index contributed by atoms with van der Waals surface area (Å²) in [5.74, 6) is 1.40. The number of nitrogens with one attached hydrogen (secondary N) is 1. The number of aromatic amines is 1. The first-order valence-electron chi connectivity index (χ1n) is 11.1. The standard InChI is InChI=1S/C24H28N6OS/c1-14-5-10-19-20(11-14)32-24-21(19)23(31)27-22(28-24)16(3)29(4)15(2)17-6-8-18(9-7-17)30-13-25-12-26-30/h6-9,12-16H,5,10-11H2,1-4H3,(H,27,28,31). The van der Waals surface area contributed by atoms with Gasteiger partial charge in [-0.25, -0.2) is 14.6 Å². The highest BCUT2D eigenvalue weighted by Gasteiger charge is 2.25. The third-order valence-electron chi connectivity index (χ3n) is 6.86. The molecule has 1 N–H and O–H groups in total. The van der Waals surface area contributed by atoms with E-state index in [0.717, 1.165) is 41.0 Å². The zero-order valence-corrected chi connectivity index (χ0v) is 19.7. The van der Waals surface area contributed by atoms with Gasteiger partial charge in [-0.3, -0.25) is 9.69 Å².